The largest absolute Gasteiger partial charge is 0.508 e. The molecule has 0 radical (unpaired) electrons. The van der Waals surface area contributed by atoms with E-state index in [9.17, 15) is 19.5 Å². The van der Waals surface area contributed by atoms with Gasteiger partial charge >= 0.3 is 6.03 Å². The van der Waals surface area contributed by atoms with Gasteiger partial charge in [0.15, 0.2) is 0 Å². The van der Waals surface area contributed by atoms with Crippen LogP contribution in [0.25, 0.3) is 0 Å². The number of benzene rings is 2. The van der Waals surface area contributed by atoms with Gasteiger partial charge in [-0.25, -0.2) is 4.79 Å². The third kappa shape index (κ3) is 5.43. The number of hydrazine groups is 1. The molecule has 212 valence electrons. The van der Waals surface area contributed by atoms with Gasteiger partial charge in [0.05, 0.1) is 13.1 Å². The number of phenols is 1. The van der Waals surface area contributed by atoms with Crippen molar-refractivity contribution >= 4 is 17.8 Å². The summed E-state index contributed by atoms with van der Waals surface area (Å²) < 4.78 is 0. The van der Waals surface area contributed by atoms with Gasteiger partial charge in [-0.2, -0.15) is 5.01 Å². The first-order valence-electron chi connectivity index (χ1n) is 14.1. The molecule has 40 heavy (non-hydrogen) atoms. The summed E-state index contributed by atoms with van der Waals surface area (Å²) in [5, 5.41) is 16.0. The maximum Gasteiger partial charge on any atom is 0.332 e. The number of phenolic OH excluding ortho intramolecular Hbond substituents is 1. The number of carbonyl (C=O) groups excluding carboxylic acids is 3. The van der Waals surface area contributed by atoms with Crippen LogP contribution in [0.15, 0.2) is 66.7 Å². The van der Waals surface area contributed by atoms with Gasteiger partial charge in [0.25, 0.3) is 0 Å². The van der Waals surface area contributed by atoms with Crippen LogP contribution in [0.3, 0.4) is 0 Å². The number of amides is 4. The molecule has 2 aromatic rings. The van der Waals surface area contributed by atoms with Crippen molar-refractivity contribution in [1.29, 1.82) is 0 Å². The topological polar surface area (TPSA) is 96.4 Å². The third-order valence-electron chi connectivity index (χ3n) is 8.85. The number of hydrogen-bond acceptors (Lipinski definition) is 5. The second-order valence-electron chi connectivity index (χ2n) is 11.4. The maximum atomic E-state index is 14.1. The van der Waals surface area contributed by atoms with Crippen LogP contribution in [0, 0.1) is 5.41 Å². The Morgan fingerprint density at radius 2 is 1.85 bits per heavy atom. The Bertz CT molecular complexity index is 1270. The molecule has 2 aliphatic heterocycles. The van der Waals surface area contributed by atoms with Gasteiger partial charge in [-0.3, -0.25) is 14.6 Å². The molecule has 0 aromatic heterocycles. The van der Waals surface area contributed by atoms with E-state index in [4.69, 9.17) is 0 Å². The minimum atomic E-state index is -0.708. The quantitative estimate of drug-likeness (QED) is 0.519. The van der Waals surface area contributed by atoms with E-state index in [1.165, 1.54) is 5.01 Å². The predicted molar refractivity (Wildman–Crippen MR) is 152 cm³/mol. The zero-order chi connectivity index (χ0) is 28.4. The molecule has 2 aromatic carbocycles. The van der Waals surface area contributed by atoms with E-state index in [0.29, 0.717) is 19.5 Å². The number of nitrogens with zero attached hydrogens (tertiary/aromatic N) is 4. The summed E-state index contributed by atoms with van der Waals surface area (Å²) in [4.78, 5) is 44.4. The molecule has 0 bridgehead atoms. The predicted octanol–water partition coefficient (Wildman–Crippen LogP) is 3.51. The second-order valence-corrected chi connectivity index (χ2v) is 11.4. The van der Waals surface area contributed by atoms with Crippen LogP contribution in [-0.4, -0.2) is 81.2 Å². The highest BCUT2D eigenvalue weighted by Gasteiger charge is 2.53. The molecular weight excluding hydrogens is 506 g/mol. The lowest BCUT2D eigenvalue weighted by molar-refractivity contribution is -0.161. The van der Waals surface area contributed by atoms with E-state index in [2.05, 4.69) is 31.3 Å². The minimum absolute atomic E-state index is 0.0126. The molecule has 0 saturated carbocycles. The fourth-order valence-corrected chi connectivity index (χ4v) is 6.22. The van der Waals surface area contributed by atoms with Gasteiger partial charge < -0.3 is 20.2 Å². The normalized spacial score (nSPS) is 25.6. The summed E-state index contributed by atoms with van der Waals surface area (Å²) in [6, 6.07) is 15.3. The number of rotatable bonds is 7. The molecule has 9 heteroatoms. The molecule has 4 atom stereocenters. The first kappa shape index (κ1) is 27.7. The zero-order valence-corrected chi connectivity index (χ0v) is 23.5. The van der Waals surface area contributed by atoms with Crippen LogP contribution < -0.4 is 5.32 Å². The number of aromatic hydroxyl groups is 1. The number of fused-ring (bicyclic) bond motifs is 1. The van der Waals surface area contributed by atoms with Crippen LogP contribution in [0.2, 0.25) is 0 Å². The van der Waals surface area contributed by atoms with Gasteiger partial charge in [-0.05, 0) is 49.4 Å². The molecule has 0 spiro atoms. The van der Waals surface area contributed by atoms with Crippen molar-refractivity contribution in [2.75, 3.05) is 20.1 Å². The molecule has 2 saturated heterocycles. The summed E-state index contributed by atoms with van der Waals surface area (Å²) >= 11 is 0. The lowest BCUT2D eigenvalue weighted by Gasteiger charge is -2.51. The summed E-state index contributed by atoms with van der Waals surface area (Å²) in [5.41, 5.74) is 1.66. The van der Waals surface area contributed by atoms with Gasteiger partial charge in [0.1, 0.15) is 18.0 Å². The van der Waals surface area contributed by atoms with Crippen molar-refractivity contribution in [3.05, 3.63) is 77.9 Å². The molecule has 9 nitrogen and oxygen atoms in total. The van der Waals surface area contributed by atoms with Gasteiger partial charge in [-0.1, -0.05) is 61.5 Å². The molecule has 1 unspecified atom stereocenters. The van der Waals surface area contributed by atoms with Gasteiger partial charge in [0, 0.05) is 31.5 Å². The average Bonchev–Trinajstić information content (AvgIpc) is 3.30. The van der Waals surface area contributed by atoms with Crippen molar-refractivity contribution in [3.8, 4) is 5.75 Å². The summed E-state index contributed by atoms with van der Waals surface area (Å²) in [6.45, 7) is 4.99. The summed E-state index contributed by atoms with van der Waals surface area (Å²) in [6.07, 6.45) is 7.38. The molecule has 2 heterocycles. The van der Waals surface area contributed by atoms with Crippen molar-refractivity contribution in [1.82, 2.24) is 25.1 Å². The Kier molecular flexibility index (Phi) is 7.85. The van der Waals surface area contributed by atoms with Crippen LogP contribution >= 0.6 is 0 Å². The molecule has 2 fully saturated rings. The van der Waals surface area contributed by atoms with E-state index in [-0.39, 0.29) is 41.6 Å². The van der Waals surface area contributed by atoms with Crippen LogP contribution in [0.1, 0.15) is 44.2 Å². The van der Waals surface area contributed by atoms with E-state index >= 15 is 0 Å². The number of hydrogen-bond donors (Lipinski definition) is 2. The van der Waals surface area contributed by atoms with Gasteiger partial charge in [-0.15, -0.1) is 0 Å². The first-order valence-corrected chi connectivity index (χ1v) is 14.1. The number of allylic oxidation sites excluding steroid dienone is 1. The fourth-order valence-electron chi connectivity index (χ4n) is 6.22. The van der Waals surface area contributed by atoms with Crippen molar-refractivity contribution < 1.29 is 19.5 Å². The van der Waals surface area contributed by atoms with E-state index in [1.807, 2.05) is 35.2 Å². The van der Waals surface area contributed by atoms with Crippen LogP contribution in [0.5, 0.6) is 5.75 Å². The Balaban J connectivity index is 1.42. The summed E-state index contributed by atoms with van der Waals surface area (Å²) in [5.74, 6) is -0.111. The molecule has 1 aliphatic carbocycles. The molecule has 4 amide bonds. The Hall–Kier alpha value is -3.85. The lowest BCUT2D eigenvalue weighted by Crippen LogP contribution is -2.68. The first-order chi connectivity index (χ1) is 19.2. The molecule has 2 N–H and O–H groups in total. The second kappa shape index (κ2) is 11.3. The number of urea groups is 1. The van der Waals surface area contributed by atoms with Crippen LogP contribution in [-0.2, 0) is 22.6 Å². The van der Waals surface area contributed by atoms with Crippen molar-refractivity contribution in [2.45, 2.75) is 64.3 Å². The Morgan fingerprint density at radius 1 is 1.12 bits per heavy atom. The van der Waals surface area contributed by atoms with E-state index < -0.39 is 12.2 Å². The Morgan fingerprint density at radius 3 is 2.52 bits per heavy atom. The third-order valence-corrected chi connectivity index (χ3v) is 8.85. The highest BCUT2D eigenvalue weighted by atomic mass is 16.3. The number of nitrogens with one attached hydrogen (secondary N) is 1. The van der Waals surface area contributed by atoms with Crippen molar-refractivity contribution in [2.24, 2.45) is 5.41 Å². The molecular formula is C31H39N5O4. The standard InChI is InChI=1S/C31H39N5O4/c1-22(31(2)16-8-5-9-17-31)34-20-27-35(33(3)30(40)32-19-24-10-6-4-7-11-24)21-28(38)36(27)26(29(34)39)18-23-12-14-25(37)15-13-23/h4,6-8,10-16,22,26-27,37H,5,9,17-21H2,1-3H3,(H,32,40)/t22-,26-,27+,31?/m0/s1. The number of piperazine rings is 1. The lowest BCUT2D eigenvalue weighted by atomic mass is 9.74. The van der Waals surface area contributed by atoms with E-state index in [1.54, 1.807) is 41.2 Å². The summed E-state index contributed by atoms with van der Waals surface area (Å²) in [7, 11) is 1.67. The fraction of sp³-hybridized carbons (Fsp3) is 0.452. The molecule has 5 rings (SSSR count). The van der Waals surface area contributed by atoms with Crippen LogP contribution in [0.4, 0.5) is 4.79 Å². The monoisotopic (exact) mass is 545 g/mol. The Labute approximate surface area is 236 Å². The minimum Gasteiger partial charge on any atom is -0.508 e. The average molecular weight is 546 g/mol. The number of carbonyl (C=O) groups is 3. The zero-order valence-electron chi connectivity index (χ0n) is 23.5. The highest BCUT2D eigenvalue weighted by Crippen LogP contribution is 2.39. The van der Waals surface area contributed by atoms with E-state index in [0.717, 1.165) is 30.4 Å². The molecule has 3 aliphatic rings. The van der Waals surface area contributed by atoms with Crippen molar-refractivity contribution in [3.63, 3.8) is 0 Å². The van der Waals surface area contributed by atoms with Gasteiger partial charge in [0.2, 0.25) is 11.8 Å². The highest BCUT2D eigenvalue weighted by molar-refractivity contribution is 5.92. The smallest absolute Gasteiger partial charge is 0.332 e. The SMILES string of the molecule is C[C@H](N1C[C@H]2N(C(=O)CN2N(C)C(=O)NCc2ccccc2)[C@@H](Cc2ccc(O)cc2)C1=O)C1(C)C=CCCC1. The maximum absolute atomic E-state index is 14.1.